The largest absolute Gasteiger partial charge is 0.264 e. The van der Waals surface area contributed by atoms with Crippen LogP contribution < -0.4 is 4.31 Å². The second-order valence-electron chi connectivity index (χ2n) is 7.00. The predicted molar refractivity (Wildman–Crippen MR) is 130 cm³/mol. The van der Waals surface area contributed by atoms with Gasteiger partial charge in [0.1, 0.15) is 0 Å². The van der Waals surface area contributed by atoms with Gasteiger partial charge in [0, 0.05) is 13.4 Å². The Kier molecular flexibility index (Phi) is 5.77. The van der Waals surface area contributed by atoms with E-state index in [0.29, 0.717) is 11.4 Å². The van der Waals surface area contributed by atoms with E-state index in [4.69, 9.17) is 0 Å². The van der Waals surface area contributed by atoms with Gasteiger partial charge < -0.3 is 0 Å². The van der Waals surface area contributed by atoms with Crippen molar-refractivity contribution >= 4 is 53.6 Å². The fourth-order valence-corrected chi connectivity index (χ4v) is 6.70. The molecule has 0 unspecified atom stereocenters. The molecule has 0 saturated heterocycles. The highest BCUT2D eigenvalue weighted by molar-refractivity contribution is 14.1. The fraction of sp³-hybridized carbons (Fsp3) is 0.130. The zero-order valence-electron chi connectivity index (χ0n) is 16.1. The number of aryl methyl sites for hydroxylation is 2. The van der Waals surface area contributed by atoms with Crippen molar-refractivity contribution in [1.29, 1.82) is 0 Å². The Balaban J connectivity index is 1.82. The molecule has 3 aromatic rings. The van der Waals surface area contributed by atoms with E-state index in [9.17, 15) is 8.42 Å². The highest BCUT2D eigenvalue weighted by Gasteiger charge is 2.32. The third-order valence-corrected chi connectivity index (χ3v) is 9.37. The number of hydrogen-bond acceptors (Lipinski definition) is 3. The molecule has 0 radical (unpaired) electrons. The monoisotopic (exact) mass is 533 g/mol. The highest BCUT2D eigenvalue weighted by atomic mass is 127. The molecule has 4 rings (SSSR count). The molecule has 1 aliphatic heterocycles. The quantitative estimate of drug-likeness (QED) is 0.366. The Bertz CT molecular complexity index is 1180. The van der Waals surface area contributed by atoms with Crippen LogP contribution in [0.1, 0.15) is 16.7 Å². The molecule has 0 N–H and O–H groups in total. The fourth-order valence-electron chi connectivity index (χ4n) is 3.16. The van der Waals surface area contributed by atoms with Crippen LogP contribution in [0.4, 0.5) is 5.69 Å². The van der Waals surface area contributed by atoms with Crippen molar-refractivity contribution in [3.8, 4) is 0 Å². The molecule has 3 nitrogen and oxygen atoms in total. The molecular formula is C23H20INO2S2. The van der Waals surface area contributed by atoms with E-state index in [0.717, 1.165) is 30.2 Å². The first kappa shape index (κ1) is 20.5. The molecule has 0 atom stereocenters. The van der Waals surface area contributed by atoms with Crippen LogP contribution in [0, 0.1) is 13.8 Å². The number of anilines is 1. The van der Waals surface area contributed by atoms with Crippen LogP contribution in [0.25, 0.3) is 3.58 Å². The number of rotatable bonds is 3. The number of halogens is 1. The number of benzene rings is 3. The van der Waals surface area contributed by atoms with Crippen molar-refractivity contribution < 1.29 is 8.42 Å². The number of thioether (sulfide) groups is 1. The van der Waals surface area contributed by atoms with Gasteiger partial charge in [-0.15, -0.1) is 0 Å². The Morgan fingerprint density at radius 3 is 2.14 bits per heavy atom. The molecule has 0 saturated carbocycles. The van der Waals surface area contributed by atoms with Crippen LogP contribution in [0.5, 0.6) is 0 Å². The topological polar surface area (TPSA) is 37.4 Å². The van der Waals surface area contributed by atoms with Crippen LogP contribution in [0.15, 0.2) is 87.5 Å². The summed E-state index contributed by atoms with van der Waals surface area (Å²) < 4.78 is 29.6. The van der Waals surface area contributed by atoms with Crippen molar-refractivity contribution in [2.75, 3.05) is 10.8 Å². The smallest absolute Gasteiger partial charge is 0.260 e. The van der Waals surface area contributed by atoms with Crippen LogP contribution in [0.3, 0.4) is 0 Å². The molecule has 0 amide bonds. The van der Waals surface area contributed by atoms with Gasteiger partial charge in [-0.2, -0.15) is 0 Å². The Labute approximate surface area is 190 Å². The zero-order chi connectivity index (χ0) is 20.6. The Hall–Kier alpha value is -1.77. The molecule has 1 aliphatic rings. The zero-order valence-corrected chi connectivity index (χ0v) is 19.9. The first-order chi connectivity index (χ1) is 13.9. The Morgan fingerprint density at radius 1 is 0.897 bits per heavy atom. The maximum absolute atomic E-state index is 13.5. The third kappa shape index (κ3) is 4.11. The van der Waals surface area contributed by atoms with Gasteiger partial charge in [-0.3, -0.25) is 4.31 Å². The SMILES string of the molecule is Cc1ccc(/C(I)=C2/CN(S(=O)(=O)c3ccc(C)cc3)c3ccccc3S2)cc1. The number of nitrogens with zero attached hydrogens (tertiary/aromatic N) is 1. The van der Waals surface area contributed by atoms with E-state index in [1.165, 1.54) is 9.87 Å². The van der Waals surface area contributed by atoms with E-state index in [1.807, 2.05) is 43.3 Å². The average Bonchev–Trinajstić information content (AvgIpc) is 2.73. The lowest BCUT2D eigenvalue weighted by Crippen LogP contribution is -2.34. The van der Waals surface area contributed by atoms with E-state index < -0.39 is 10.0 Å². The number of para-hydroxylation sites is 1. The summed E-state index contributed by atoms with van der Waals surface area (Å²) in [4.78, 5) is 2.30. The lowest BCUT2D eigenvalue weighted by Gasteiger charge is -2.32. The molecule has 148 valence electrons. The van der Waals surface area contributed by atoms with E-state index in [2.05, 4.69) is 53.8 Å². The average molecular weight is 533 g/mol. The molecule has 0 bridgehead atoms. The summed E-state index contributed by atoms with van der Waals surface area (Å²) in [6.07, 6.45) is 0. The van der Waals surface area contributed by atoms with Gasteiger partial charge in [-0.05, 0) is 66.3 Å². The minimum atomic E-state index is -3.67. The maximum Gasteiger partial charge on any atom is 0.264 e. The number of hydrogen-bond donors (Lipinski definition) is 0. The van der Waals surface area contributed by atoms with Crippen molar-refractivity contribution in [1.82, 2.24) is 0 Å². The molecule has 3 aromatic carbocycles. The summed E-state index contributed by atoms with van der Waals surface area (Å²) in [5.41, 5.74) is 4.07. The van der Waals surface area contributed by atoms with Gasteiger partial charge in [0.15, 0.2) is 0 Å². The predicted octanol–water partition coefficient (Wildman–Crippen LogP) is 6.41. The number of fused-ring (bicyclic) bond motifs is 1. The maximum atomic E-state index is 13.5. The lowest BCUT2D eigenvalue weighted by atomic mass is 10.1. The normalized spacial score (nSPS) is 15.8. The second kappa shape index (κ2) is 8.16. The van der Waals surface area contributed by atoms with Crippen molar-refractivity contribution in [3.05, 3.63) is 94.4 Å². The minimum absolute atomic E-state index is 0.314. The van der Waals surface area contributed by atoms with Gasteiger partial charge >= 0.3 is 0 Å². The summed E-state index contributed by atoms with van der Waals surface area (Å²) in [7, 11) is -3.67. The molecular weight excluding hydrogens is 513 g/mol. The number of sulfonamides is 1. The van der Waals surface area contributed by atoms with Gasteiger partial charge in [0.25, 0.3) is 10.0 Å². The molecule has 0 aliphatic carbocycles. The van der Waals surface area contributed by atoms with Crippen molar-refractivity contribution in [3.63, 3.8) is 0 Å². The minimum Gasteiger partial charge on any atom is -0.260 e. The molecule has 0 fully saturated rings. The summed E-state index contributed by atoms with van der Waals surface area (Å²) >= 11 is 3.98. The summed E-state index contributed by atoms with van der Waals surface area (Å²) in [6, 6.07) is 23.1. The highest BCUT2D eigenvalue weighted by Crippen LogP contribution is 2.46. The third-order valence-electron chi connectivity index (χ3n) is 4.81. The molecule has 1 heterocycles. The van der Waals surface area contributed by atoms with E-state index in [1.54, 1.807) is 23.9 Å². The summed E-state index contributed by atoms with van der Waals surface area (Å²) in [6.45, 7) is 4.34. The van der Waals surface area contributed by atoms with Crippen LogP contribution >= 0.6 is 34.4 Å². The van der Waals surface area contributed by atoms with Gasteiger partial charge in [-0.1, -0.05) is 71.4 Å². The van der Waals surface area contributed by atoms with Crippen LogP contribution in [-0.4, -0.2) is 15.0 Å². The summed E-state index contributed by atoms with van der Waals surface area (Å²) in [5.74, 6) is 0. The van der Waals surface area contributed by atoms with Gasteiger partial charge in [0.05, 0.1) is 17.1 Å². The van der Waals surface area contributed by atoms with Crippen LogP contribution in [0.2, 0.25) is 0 Å². The standard InChI is InChI=1S/C23H20INO2S2/c1-16-7-11-18(12-8-16)23(24)22-15-25(20-5-3-4-6-21(20)28-22)29(26,27)19-13-9-17(2)10-14-19/h3-14H,15H2,1-2H3/b23-22+. The first-order valence-electron chi connectivity index (χ1n) is 9.18. The van der Waals surface area contributed by atoms with E-state index in [-0.39, 0.29) is 0 Å². The first-order valence-corrected chi connectivity index (χ1v) is 12.5. The summed E-state index contributed by atoms with van der Waals surface area (Å²) in [5, 5.41) is 0. The molecule has 29 heavy (non-hydrogen) atoms. The van der Waals surface area contributed by atoms with Crippen molar-refractivity contribution in [2.45, 2.75) is 23.6 Å². The van der Waals surface area contributed by atoms with Gasteiger partial charge in [-0.25, -0.2) is 8.42 Å². The van der Waals surface area contributed by atoms with Gasteiger partial charge in [0.2, 0.25) is 0 Å². The van der Waals surface area contributed by atoms with Crippen LogP contribution in [-0.2, 0) is 10.0 Å². The van der Waals surface area contributed by atoms with E-state index >= 15 is 0 Å². The van der Waals surface area contributed by atoms with Crippen molar-refractivity contribution in [2.24, 2.45) is 0 Å². The lowest BCUT2D eigenvalue weighted by molar-refractivity contribution is 0.592. The molecule has 6 heteroatoms. The second-order valence-corrected chi connectivity index (χ2v) is 11.1. The Morgan fingerprint density at radius 2 is 1.48 bits per heavy atom. The molecule has 0 aromatic heterocycles. The molecule has 0 spiro atoms.